The molecule has 0 spiro atoms. The average molecular weight is 219 g/mol. The van der Waals surface area contributed by atoms with Crippen molar-refractivity contribution >= 4 is 5.97 Å². The van der Waals surface area contributed by atoms with Crippen LogP contribution < -0.4 is 0 Å². The lowest BCUT2D eigenvalue weighted by molar-refractivity contribution is 0.0683. The summed E-state index contributed by atoms with van der Waals surface area (Å²) in [5.74, 6) is 1.66. The smallest absolute Gasteiger partial charge is 0.352 e. The van der Waals surface area contributed by atoms with Crippen LogP contribution in [-0.4, -0.2) is 15.6 Å². The van der Waals surface area contributed by atoms with E-state index in [9.17, 15) is 4.79 Å². The molecule has 0 amide bonds. The fourth-order valence-corrected chi connectivity index (χ4v) is 2.73. The van der Waals surface area contributed by atoms with Crippen molar-refractivity contribution in [2.24, 2.45) is 17.8 Å². The molecule has 2 saturated carbocycles. The zero-order valence-electron chi connectivity index (χ0n) is 9.30. The molecule has 0 radical (unpaired) electrons. The molecular formula is C13H17NO2. The number of rotatable bonds is 5. The minimum Gasteiger partial charge on any atom is -0.477 e. The Balaban J connectivity index is 1.76. The van der Waals surface area contributed by atoms with Gasteiger partial charge in [-0.2, -0.15) is 0 Å². The highest BCUT2D eigenvalue weighted by Crippen LogP contribution is 2.49. The lowest BCUT2D eigenvalue weighted by atomic mass is 9.98. The van der Waals surface area contributed by atoms with Crippen LogP contribution in [0.4, 0.5) is 0 Å². The van der Waals surface area contributed by atoms with Crippen LogP contribution in [0, 0.1) is 17.8 Å². The van der Waals surface area contributed by atoms with Crippen LogP contribution in [0.15, 0.2) is 18.3 Å². The van der Waals surface area contributed by atoms with Crippen LogP contribution in [0.3, 0.4) is 0 Å². The van der Waals surface area contributed by atoms with E-state index in [-0.39, 0.29) is 0 Å². The van der Waals surface area contributed by atoms with E-state index in [1.54, 1.807) is 6.07 Å². The molecule has 0 atom stereocenters. The second-order valence-corrected chi connectivity index (χ2v) is 5.19. The summed E-state index contributed by atoms with van der Waals surface area (Å²) in [6.07, 6.45) is 7.31. The van der Waals surface area contributed by atoms with Gasteiger partial charge in [-0.1, -0.05) is 0 Å². The summed E-state index contributed by atoms with van der Waals surface area (Å²) in [6, 6.07) is 3.53. The lowest BCUT2D eigenvalue weighted by Gasteiger charge is -2.17. The molecule has 2 aliphatic carbocycles. The third-order valence-corrected chi connectivity index (χ3v) is 3.91. The zero-order chi connectivity index (χ0) is 11.1. The molecule has 3 rings (SSSR count). The molecule has 0 bridgehead atoms. The summed E-state index contributed by atoms with van der Waals surface area (Å²) in [5.41, 5.74) is 0.436. The fourth-order valence-electron chi connectivity index (χ4n) is 2.73. The summed E-state index contributed by atoms with van der Waals surface area (Å²) < 4.78 is 1.92. The second kappa shape index (κ2) is 3.65. The van der Waals surface area contributed by atoms with Gasteiger partial charge in [0.05, 0.1) is 0 Å². The maximum Gasteiger partial charge on any atom is 0.352 e. The van der Waals surface area contributed by atoms with Crippen molar-refractivity contribution in [3.05, 3.63) is 24.0 Å². The highest BCUT2D eigenvalue weighted by molar-refractivity contribution is 5.85. The van der Waals surface area contributed by atoms with Crippen LogP contribution in [0.5, 0.6) is 0 Å². The maximum atomic E-state index is 11.0. The van der Waals surface area contributed by atoms with Crippen LogP contribution in [-0.2, 0) is 6.54 Å². The largest absolute Gasteiger partial charge is 0.477 e. The number of hydrogen-bond acceptors (Lipinski definition) is 1. The molecular weight excluding hydrogens is 202 g/mol. The standard InChI is InChI=1S/C13H17NO2/c15-13(16)12-2-1-7-14(12)8-11(9-3-4-9)10-5-6-10/h1-2,7,9-11H,3-6,8H2,(H,15,16). The summed E-state index contributed by atoms with van der Waals surface area (Å²) in [6.45, 7) is 0.907. The van der Waals surface area contributed by atoms with E-state index in [4.69, 9.17) is 5.11 Å². The van der Waals surface area contributed by atoms with Gasteiger partial charge in [0.15, 0.2) is 0 Å². The normalized spacial score (nSPS) is 20.3. The van der Waals surface area contributed by atoms with Crippen molar-refractivity contribution < 1.29 is 9.90 Å². The van der Waals surface area contributed by atoms with E-state index in [0.717, 1.165) is 24.3 Å². The number of aromatic carboxylic acids is 1. The molecule has 16 heavy (non-hydrogen) atoms. The first-order valence-corrected chi connectivity index (χ1v) is 6.14. The molecule has 0 unspecified atom stereocenters. The molecule has 1 aromatic heterocycles. The molecule has 2 fully saturated rings. The van der Waals surface area contributed by atoms with Crippen molar-refractivity contribution in [1.82, 2.24) is 4.57 Å². The first kappa shape index (κ1) is 9.94. The summed E-state index contributed by atoms with van der Waals surface area (Å²) in [7, 11) is 0. The Morgan fingerprint density at radius 3 is 2.50 bits per heavy atom. The second-order valence-electron chi connectivity index (χ2n) is 5.19. The van der Waals surface area contributed by atoms with Gasteiger partial charge in [0.25, 0.3) is 0 Å². The Kier molecular flexibility index (Phi) is 2.27. The van der Waals surface area contributed by atoms with Gasteiger partial charge in [0.1, 0.15) is 5.69 Å². The molecule has 3 nitrogen and oxygen atoms in total. The zero-order valence-corrected chi connectivity index (χ0v) is 9.30. The van der Waals surface area contributed by atoms with Crippen molar-refractivity contribution in [3.63, 3.8) is 0 Å². The molecule has 86 valence electrons. The first-order chi connectivity index (χ1) is 7.75. The Labute approximate surface area is 95.1 Å². The van der Waals surface area contributed by atoms with Crippen LogP contribution >= 0.6 is 0 Å². The predicted molar refractivity (Wildman–Crippen MR) is 60.3 cm³/mol. The molecule has 2 aliphatic rings. The summed E-state index contributed by atoms with van der Waals surface area (Å²) >= 11 is 0. The SMILES string of the molecule is O=C(O)c1cccn1CC(C1CC1)C1CC1. The summed E-state index contributed by atoms with van der Waals surface area (Å²) in [5, 5.41) is 9.06. The van der Waals surface area contributed by atoms with E-state index >= 15 is 0 Å². The quantitative estimate of drug-likeness (QED) is 0.827. The van der Waals surface area contributed by atoms with E-state index < -0.39 is 5.97 Å². The minimum atomic E-state index is -0.810. The first-order valence-electron chi connectivity index (χ1n) is 6.14. The van der Waals surface area contributed by atoms with Gasteiger partial charge in [0.2, 0.25) is 0 Å². The van der Waals surface area contributed by atoms with Gasteiger partial charge in [-0.3, -0.25) is 0 Å². The monoisotopic (exact) mass is 219 g/mol. The van der Waals surface area contributed by atoms with Gasteiger partial charge >= 0.3 is 5.97 Å². The Morgan fingerprint density at radius 2 is 2.00 bits per heavy atom. The number of carboxylic acids is 1. The van der Waals surface area contributed by atoms with E-state index in [1.807, 2.05) is 16.8 Å². The highest BCUT2D eigenvalue weighted by atomic mass is 16.4. The van der Waals surface area contributed by atoms with Crippen LogP contribution in [0.1, 0.15) is 36.2 Å². The summed E-state index contributed by atoms with van der Waals surface area (Å²) in [4.78, 5) is 11.0. The fraction of sp³-hybridized carbons (Fsp3) is 0.615. The molecule has 1 heterocycles. The van der Waals surface area contributed by atoms with E-state index in [0.29, 0.717) is 5.69 Å². The molecule has 0 aliphatic heterocycles. The molecule has 1 aromatic rings. The molecule has 0 saturated heterocycles. The number of hydrogen-bond donors (Lipinski definition) is 1. The van der Waals surface area contributed by atoms with E-state index in [2.05, 4.69) is 0 Å². The topological polar surface area (TPSA) is 42.2 Å². The van der Waals surface area contributed by atoms with Gasteiger partial charge in [0, 0.05) is 12.7 Å². The third-order valence-electron chi connectivity index (χ3n) is 3.91. The lowest BCUT2D eigenvalue weighted by Crippen LogP contribution is -2.17. The van der Waals surface area contributed by atoms with Crippen LogP contribution in [0.25, 0.3) is 0 Å². The highest BCUT2D eigenvalue weighted by Gasteiger charge is 2.41. The van der Waals surface area contributed by atoms with Crippen LogP contribution in [0.2, 0.25) is 0 Å². The molecule has 1 N–H and O–H groups in total. The van der Waals surface area contributed by atoms with Crippen molar-refractivity contribution in [1.29, 1.82) is 0 Å². The minimum absolute atomic E-state index is 0.436. The van der Waals surface area contributed by atoms with Gasteiger partial charge in [-0.25, -0.2) is 4.79 Å². The van der Waals surface area contributed by atoms with Gasteiger partial charge in [-0.05, 0) is 55.6 Å². The average Bonchev–Trinajstić information content (AvgIpc) is 3.14. The van der Waals surface area contributed by atoms with Crippen molar-refractivity contribution in [2.75, 3.05) is 0 Å². The van der Waals surface area contributed by atoms with E-state index in [1.165, 1.54) is 25.7 Å². The Bertz CT molecular complexity index is 390. The third kappa shape index (κ3) is 1.86. The van der Waals surface area contributed by atoms with Gasteiger partial charge < -0.3 is 9.67 Å². The van der Waals surface area contributed by atoms with Crippen molar-refractivity contribution in [2.45, 2.75) is 32.2 Å². The number of nitrogens with zero attached hydrogens (tertiary/aromatic N) is 1. The maximum absolute atomic E-state index is 11.0. The Morgan fingerprint density at radius 1 is 1.38 bits per heavy atom. The number of carboxylic acid groups (broad SMARTS) is 1. The Hall–Kier alpha value is -1.25. The molecule has 3 heteroatoms. The predicted octanol–water partition coefficient (Wildman–Crippen LogP) is 2.62. The number of carbonyl (C=O) groups is 1. The molecule has 0 aromatic carbocycles. The van der Waals surface area contributed by atoms with Gasteiger partial charge in [-0.15, -0.1) is 0 Å². The number of aromatic nitrogens is 1. The van der Waals surface area contributed by atoms with Crippen molar-refractivity contribution in [3.8, 4) is 0 Å².